The van der Waals surface area contributed by atoms with Gasteiger partial charge in [0, 0.05) is 31.2 Å². The third-order valence-electron chi connectivity index (χ3n) is 3.67. The van der Waals surface area contributed by atoms with E-state index in [2.05, 4.69) is 32.6 Å². The number of hydrogen-bond donors (Lipinski definition) is 2. The van der Waals surface area contributed by atoms with Crippen LogP contribution in [0.25, 0.3) is 0 Å². The van der Waals surface area contributed by atoms with Crippen molar-refractivity contribution in [1.29, 1.82) is 0 Å². The van der Waals surface area contributed by atoms with Crippen LogP contribution in [-0.4, -0.2) is 47.5 Å². The van der Waals surface area contributed by atoms with Crippen LogP contribution in [-0.2, 0) is 0 Å². The maximum absolute atomic E-state index is 9.44. The normalized spacial score (nSPS) is 15.8. The van der Waals surface area contributed by atoms with Crippen molar-refractivity contribution >= 4 is 0 Å². The molecule has 1 unspecified atom stereocenters. The minimum atomic E-state index is -0.0439. The molecule has 0 aliphatic carbocycles. The summed E-state index contributed by atoms with van der Waals surface area (Å²) in [6.07, 6.45) is 3.16. The smallest absolute Gasteiger partial charge is 0.0558 e. The van der Waals surface area contributed by atoms with Crippen LogP contribution in [0.5, 0.6) is 0 Å². The average molecular weight is 231 g/mol. The molecule has 0 saturated carbocycles. The second-order valence-corrected chi connectivity index (χ2v) is 4.99. The summed E-state index contributed by atoms with van der Waals surface area (Å²) in [7, 11) is 0. The van der Waals surface area contributed by atoms with Crippen molar-refractivity contribution in [2.75, 3.05) is 26.3 Å². The SMILES string of the molecule is CCC(CC)N(CCO)CC(C)(CC)CO. The van der Waals surface area contributed by atoms with E-state index in [0.717, 1.165) is 25.8 Å². The van der Waals surface area contributed by atoms with Gasteiger partial charge in [-0.1, -0.05) is 27.7 Å². The van der Waals surface area contributed by atoms with Gasteiger partial charge in [0.15, 0.2) is 0 Å². The van der Waals surface area contributed by atoms with Gasteiger partial charge in [0.05, 0.1) is 6.61 Å². The Morgan fingerprint density at radius 3 is 2.00 bits per heavy atom. The van der Waals surface area contributed by atoms with E-state index < -0.39 is 0 Å². The van der Waals surface area contributed by atoms with Crippen molar-refractivity contribution < 1.29 is 10.2 Å². The van der Waals surface area contributed by atoms with Gasteiger partial charge in [-0.25, -0.2) is 0 Å². The molecular formula is C13H29NO2. The Bertz CT molecular complexity index is 165. The Morgan fingerprint density at radius 1 is 1.12 bits per heavy atom. The lowest BCUT2D eigenvalue weighted by Gasteiger charge is -2.37. The molecule has 0 aromatic carbocycles. The molecule has 0 spiro atoms. The summed E-state index contributed by atoms with van der Waals surface area (Å²) in [5.41, 5.74) is -0.0439. The van der Waals surface area contributed by atoms with E-state index in [9.17, 15) is 5.11 Å². The van der Waals surface area contributed by atoms with Crippen LogP contribution in [0.4, 0.5) is 0 Å². The van der Waals surface area contributed by atoms with Crippen molar-refractivity contribution in [2.45, 2.75) is 53.0 Å². The fourth-order valence-corrected chi connectivity index (χ4v) is 2.09. The van der Waals surface area contributed by atoms with Crippen LogP contribution in [0.3, 0.4) is 0 Å². The molecule has 0 fully saturated rings. The zero-order valence-corrected chi connectivity index (χ0v) is 11.4. The number of nitrogens with zero attached hydrogens (tertiary/aromatic N) is 1. The summed E-state index contributed by atoms with van der Waals surface area (Å²) in [4.78, 5) is 2.32. The quantitative estimate of drug-likeness (QED) is 0.637. The fourth-order valence-electron chi connectivity index (χ4n) is 2.09. The van der Waals surface area contributed by atoms with E-state index in [1.165, 1.54) is 0 Å². The highest BCUT2D eigenvalue weighted by atomic mass is 16.3. The molecule has 0 heterocycles. The first kappa shape index (κ1) is 15.9. The molecular weight excluding hydrogens is 202 g/mol. The summed E-state index contributed by atoms with van der Waals surface area (Å²) in [6.45, 7) is 10.6. The standard InChI is InChI=1S/C13H29NO2/c1-5-12(6-2)14(8-9-15)10-13(4,7-3)11-16/h12,15-16H,5-11H2,1-4H3. The van der Waals surface area contributed by atoms with E-state index in [0.29, 0.717) is 12.6 Å². The first-order valence-electron chi connectivity index (χ1n) is 6.52. The summed E-state index contributed by atoms with van der Waals surface area (Å²) >= 11 is 0. The highest BCUT2D eigenvalue weighted by Gasteiger charge is 2.26. The summed E-state index contributed by atoms with van der Waals surface area (Å²) in [5, 5.41) is 18.6. The highest BCUT2D eigenvalue weighted by Crippen LogP contribution is 2.23. The minimum absolute atomic E-state index is 0.0439. The zero-order valence-electron chi connectivity index (χ0n) is 11.4. The van der Waals surface area contributed by atoms with Gasteiger partial charge in [-0.2, -0.15) is 0 Å². The van der Waals surface area contributed by atoms with E-state index in [4.69, 9.17) is 5.11 Å². The first-order chi connectivity index (χ1) is 7.56. The van der Waals surface area contributed by atoms with Crippen molar-refractivity contribution in [3.63, 3.8) is 0 Å². The Labute approximate surface area is 100 Å². The fraction of sp³-hybridized carbons (Fsp3) is 1.00. The second kappa shape index (κ2) is 8.04. The van der Waals surface area contributed by atoms with Gasteiger partial charge in [-0.05, 0) is 19.3 Å². The topological polar surface area (TPSA) is 43.7 Å². The van der Waals surface area contributed by atoms with Crippen LogP contribution >= 0.6 is 0 Å². The van der Waals surface area contributed by atoms with Crippen molar-refractivity contribution in [3.8, 4) is 0 Å². The lowest BCUT2D eigenvalue weighted by atomic mass is 9.87. The van der Waals surface area contributed by atoms with Gasteiger partial charge in [0.25, 0.3) is 0 Å². The van der Waals surface area contributed by atoms with Crippen molar-refractivity contribution in [1.82, 2.24) is 4.90 Å². The molecule has 98 valence electrons. The third-order valence-corrected chi connectivity index (χ3v) is 3.67. The van der Waals surface area contributed by atoms with Gasteiger partial charge in [0.2, 0.25) is 0 Å². The average Bonchev–Trinajstić information content (AvgIpc) is 2.30. The van der Waals surface area contributed by atoms with Gasteiger partial charge in [0.1, 0.15) is 0 Å². The molecule has 0 aromatic rings. The van der Waals surface area contributed by atoms with E-state index in [-0.39, 0.29) is 18.6 Å². The molecule has 0 rings (SSSR count). The van der Waals surface area contributed by atoms with E-state index in [1.54, 1.807) is 0 Å². The monoisotopic (exact) mass is 231 g/mol. The Hall–Kier alpha value is -0.120. The molecule has 0 radical (unpaired) electrons. The van der Waals surface area contributed by atoms with Crippen LogP contribution in [0.2, 0.25) is 0 Å². The molecule has 16 heavy (non-hydrogen) atoms. The van der Waals surface area contributed by atoms with Gasteiger partial charge >= 0.3 is 0 Å². The van der Waals surface area contributed by atoms with E-state index in [1.807, 2.05) is 0 Å². The molecule has 2 N–H and O–H groups in total. The molecule has 3 heteroatoms. The molecule has 0 aliphatic rings. The Balaban J connectivity index is 4.52. The van der Waals surface area contributed by atoms with Crippen LogP contribution in [0.15, 0.2) is 0 Å². The first-order valence-corrected chi connectivity index (χ1v) is 6.52. The second-order valence-electron chi connectivity index (χ2n) is 4.99. The summed E-state index contributed by atoms with van der Waals surface area (Å²) in [5.74, 6) is 0. The van der Waals surface area contributed by atoms with Crippen LogP contribution < -0.4 is 0 Å². The number of aliphatic hydroxyl groups excluding tert-OH is 2. The summed E-state index contributed by atoms with van der Waals surface area (Å²) in [6, 6.07) is 0.518. The predicted octanol–water partition coefficient (Wildman–Crippen LogP) is 1.88. The number of aliphatic hydroxyl groups is 2. The van der Waals surface area contributed by atoms with Crippen LogP contribution in [0, 0.1) is 5.41 Å². The highest BCUT2D eigenvalue weighted by molar-refractivity contribution is 4.80. The largest absolute Gasteiger partial charge is 0.396 e. The summed E-state index contributed by atoms with van der Waals surface area (Å²) < 4.78 is 0. The zero-order chi connectivity index (χ0) is 12.6. The number of rotatable bonds is 9. The van der Waals surface area contributed by atoms with Gasteiger partial charge in [-0.3, -0.25) is 4.90 Å². The van der Waals surface area contributed by atoms with Crippen molar-refractivity contribution in [3.05, 3.63) is 0 Å². The minimum Gasteiger partial charge on any atom is -0.396 e. The maximum atomic E-state index is 9.44. The van der Waals surface area contributed by atoms with E-state index >= 15 is 0 Å². The van der Waals surface area contributed by atoms with Gasteiger partial charge in [-0.15, -0.1) is 0 Å². The molecule has 3 nitrogen and oxygen atoms in total. The predicted molar refractivity (Wildman–Crippen MR) is 68.5 cm³/mol. The molecule has 1 atom stereocenters. The Kier molecular flexibility index (Phi) is 7.98. The van der Waals surface area contributed by atoms with Crippen molar-refractivity contribution in [2.24, 2.45) is 5.41 Å². The van der Waals surface area contributed by atoms with Gasteiger partial charge < -0.3 is 10.2 Å². The lowest BCUT2D eigenvalue weighted by molar-refractivity contribution is 0.0500. The molecule has 0 bridgehead atoms. The molecule has 0 aromatic heterocycles. The lowest BCUT2D eigenvalue weighted by Crippen LogP contribution is -2.44. The molecule has 0 amide bonds. The molecule has 0 saturated heterocycles. The molecule has 0 aliphatic heterocycles. The van der Waals surface area contributed by atoms with Crippen LogP contribution in [0.1, 0.15) is 47.0 Å². The maximum Gasteiger partial charge on any atom is 0.0558 e. The Morgan fingerprint density at radius 2 is 1.69 bits per heavy atom. The third kappa shape index (κ3) is 4.81. The number of hydrogen-bond acceptors (Lipinski definition) is 3.